The Labute approximate surface area is 163 Å². The Morgan fingerprint density at radius 2 is 1.48 bits per heavy atom. The molecule has 0 atom stereocenters. The van der Waals surface area contributed by atoms with E-state index in [1.165, 1.54) is 29.2 Å². The van der Waals surface area contributed by atoms with Gasteiger partial charge in [0.05, 0.1) is 4.90 Å². The molecule has 5 nitrogen and oxygen atoms in total. The summed E-state index contributed by atoms with van der Waals surface area (Å²) in [7, 11) is -2.04. The highest BCUT2D eigenvalue weighted by Gasteiger charge is 2.16. The molecule has 3 rings (SSSR count). The fourth-order valence-corrected chi connectivity index (χ4v) is 3.66. The number of amides is 1. The summed E-state index contributed by atoms with van der Waals surface area (Å²) in [5.41, 5.74) is 1.59. The van der Waals surface area contributed by atoms with E-state index in [1.807, 2.05) is 30.3 Å². The Morgan fingerprint density at radius 1 is 0.889 bits per heavy atom. The van der Waals surface area contributed by atoms with Crippen molar-refractivity contribution in [2.45, 2.75) is 4.90 Å². The Morgan fingerprint density at radius 3 is 2.07 bits per heavy atom. The van der Waals surface area contributed by atoms with Crippen LogP contribution in [-0.4, -0.2) is 21.4 Å². The van der Waals surface area contributed by atoms with Gasteiger partial charge in [-0.2, -0.15) is 0 Å². The van der Waals surface area contributed by atoms with Gasteiger partial charge < -0.3 is 4.90 Å². The minimum absolute atomic E-state index is 0.107. The van der Waals surface area contributed by atoms with Crippen LogP contribution in [-0.2, 0) is 10.0 Å². The molecule has 0 spiro atoms. The maximum Gasteiger partial charge on any atom is 0.261 e. The summed E-state index contributed by atoms with van der Waals surface area (Å²) >= 11 is 5.79. The zero-order valence-corrected chi connectivity index (χ0v) is 16.0. The first-order chi connectivity index (χ1) is 12.9. The zero-order valence-electron chi connectivity index (χ0n) is 14.5. The molecular weight excluding hydrogens is 384 g/mol. The van der Waals surface area contributed by atoms with Crippen molar-refractivity contribution in [3.63, 3.8) is 0 Å². The average molecular weight is 401 g/mol. The first kappa shape index (κ1) is 18.9. The number of sulfonamides is 1. The number of anilines is 2. The molecule has 1 amide bonds. The molecule has 0 aliphatic heterocycles. The number of carbonyl (C=O) groups is 1. The fraction of sp³-hybridized carbons (Fsp3) is 0.0500. The summed E-state index contributed by atoms with van der Waals surface area (Å²) in [5.74, 6) is -0.187. The van der Waals surface area contributed by atoms with Gasteiger partial charge in [-0.05, 0) is 60.7 Å². The van der Waals surface area contributed by atoms with Crippen LogP contribution in [0.1, 0.15) is 10.4 Å². The van der Waals surface area contributed by atoms with Crippen LogP contribution >= 0.6 is 11.6 Å². The molecular formula is C20H17ClN2O3S. The van der Waals surface area contributed by atoms with E-state index < -0.39 is 10.0 Å². The highest BCUT2D eigenvalue weighted by molar-refractivity contribution is 7.92. The molecule has 1 N–H and O–H groups in total. The second-order valence-corrected chi connectivity index (χ2v) is 7.96. The number of para-hydroxylation sites is 1. The molecule has 0 radical (unpaired) electrons. The topological polar surface area (TPSA) is 66.5 Å². The Balaban J connectivity index is 1.75. The van der Waals surface area contributed by atoms with E-state index in [9.17, 15) is 13.2 Å². The van der Waals surface area contributed by atoms with Gasteiger partial charge in [0.15, 0.2) is 0 Å². The van der Waals surface area contributed by atoms with Gasteiger partial charge in [-0.3, -0.25) is 9.52 Å². The van der Waals surface area contributed by atoms with Crippen molar-refractivity contribution >= 4 is 38.9 Å². The lowest BCUT2D eigenvalue weighted by Gasteiger charge is -2.17. The average Bonchev–Trinajstić information content (AvgIpc) is 2.68. The maximum atomic E-state index is 12.6. The van der Waals surface area contributed by atoms with E-state index in [-0.39, 0.29) is 10.8 Å². The van der Waals surface area contributed by atoms with Crippen LogP contribution in [0.5, 0.6) is 0 Å². The van der Waals surface area contributed by atoms with Crippen LogP contribution in [0.4, 0.5) is 11.4 Å². The van der Waals surface area contributed by atoms with Crippen molar-refractivity contribution in [1.29, 1.82) is 0 Å². The second kappa shape index (κ2) is 7.82. The lowest BCUT2D eigenvalue weighted by atomic mass is 10.1. The molecule has 0 saturated heterocycles. The molecule has 0 heterocycles. The minimum Gasteiger partial charge on any atom is -0.311 e. The number of nitrogens with one attached hydrogen (secondary N) is 1. The Bertz CT molecular complexity index is 1030. The number of hydrogen-bond acceptors (Lipinski definition) is 3. The van der Waals surface area contributed by atoms with Gasteiger partial charge in [-0.1, -0.05) is 29.8 Å². The monoisotopic (exact) mass is 400 g/mol. The van der Waals surface area contributed by atoms with Crippen LogP contribution in [0.15, 0.2) is 83.8 Å². The van der Waals surface area contributed by atoms with Gasteiger partial charge in [0.1, 0.15) is 0 Å². The van der Waals surface area contributed by atoms with Gasteiger partial charge >= 0.3 is 0 Å². The standard InChI is InChI=1S/C20H17ClN2O3S/c1-23(18-5-3-2-4-6-18)20(24)15-7-11-17(12-8-15)22-27(25,26)19-13-9-16(21)10-14-19/h2-14,22H,1H3. The van der Waals surface area contributed by atoms with Crippen LogP contribution in [0.25, 0.3) is 0 Å². The van der Waals surface area contributed by atoms with Crippen molar-refractivity contribution in [1.82, 2.24) is 0 Å². The summed E-state index contributed by atoms with van der Waals surface area (Å²) in [5, 5.41) is 0.458. The van der Waals surface area contributed by atoms with Gasteiger partial charge in [0, 0.05) is 29.0 Å². The predicted octanol–water partition coefficient (Wildman–Crippen LogP) is 4.42. The Kier molecular flexibility index (Phi) is 5.48. The van der Waals surface area contributed by atoms with Crippen LogP contribution < -0.4 is 9.62 Å². The van der Waals surface area contributed by atoms with Crippen molar-refractivity contribution in [2.24, 2.45) is 0 Å². The largest absolute Gasteiger partial charge is 0.311 e. The number of rotatable bonds is 5. The summed E-state index contributed by atoms with van der Waals surface area (Å²) in [6.07, 6.45) is 0. The molecule has 3 aromatic carbocycles. The van der Waals surface area contributed by atoms with Crippen molar-refractivity contribution in [2.75, 3.05) is 16.7 Å². The third kappa shape index (κ3) is 4.48. The summed E-state index contributed by atoms with van der Waals surface area (Å²) < 4.78 is 27.3. The van der Waals surface area contributed by atoms with Gasteiger partial charge in [-0.25, -0.2) is 8.42 Å². The number of carbonyl (C=O) groups excluding carboxylic acids is 1. The first-order valence-electron chi connectivity index (χ1n) is 8.08. The van der Waals surface area contributed by atoms with Crippen molar-refractivity contribution < 1.29 is 13.2 Å². The predicted molar refractivity (Wildman–Crippen MR) is 108 cm³/mol. The number of benzene rings is 3. The van der Waals surface area contributed by atoms with E-state index in [4.69, 9.17) is 11.6 Å². The summed E-state index contributed by atoms with van der Waals surface area (Å²) in [4.78, 5) is 14.2. The molecule has 3 aromatic rings. The fourth-order valence-electron chi connectivity index (χ4n) is 2.47. The van der Waals surface area contributed by atoms with E-state index >= 15 is 0 Å². The smallest absolute Gasteiger partial charge is 0.261 e. The maximum absolute atomic E-state index is 12.6. The normalized spacial score (nSPS) is 11.0. The molecule has 7 heteroatoms. The quantitative estimate of drug-likeness (QED) is 0.689. The molecule has 0 aromatic heterocycles. The second-order valence-electron chi connectivity index (χ2n) is 5.84. The summed E-state index contributed by atoms with van der Waals surface area (Å²) in [6, 6.07) is 21.4. The number of halogens is 1. The third-order valence-electron chi connectivity index (χ3n) is 3.96. The van der Waals surface area contributed by atoms with E-state index in [0.29, 0.717) is 16.3 Å². The molecule has 0 saturated carbocycles. The lowest BCUT2D eigenvalue weighted by molar-refractivity contribution is 0.0993. The first-order valence-corrected chi connectivity index (χ1v) is 9.94. The lowest BCUT2D eigenvalue weighted by Crippen LogP contribution is -2.26. The minimum atomic E-state index is -3.73. The van der Waals surface area contributed by atoms with Crippen molar-refractivity contribution in [3.8, 4) is 0 Å². The SMILES string of the molecule is CN(C(=O)c1ccc(NS(=O)(=O)c2ccc(Cl)cc2)cc1)c1ccccc1. The van der Waals surface area contributed by atoms with Gasteiger partial charge in [0.2, 0.25) is 0 Å². The van der Waals surface area contributed by atoms with Crippen LogP contribution in [0, 0.1) is 0 Å². The molecule has 27 heavy (non-hydrogen) atoms. The molecule has 0 bridgehead atoms. The van der Waals surface area contributed by atoms with Crippen molar-refractivity contribution in [3.05, 3.63) is 89.4 Å². The molecule has 0 aliphatic rings. The zero-order chi connectivity index (χ0) is 19.4. The molecule has 0 unspecified atom stereocenters. The van der Waals surface area contributed by atoms with Gasteiger partial charge in [-0.15, -0.1) is 0 Å². The summed E-state index contributed by atoms with van der Waals surface area (Å²) in [6.45, 7) is 0. The molecule has 0 fully saturated rings. The third-order valence-corrected chi connectivity index (χ3v) is 5.61. The van der Waals surface area contributed by atoms with E-state index in [1.54, 1.807) is 31.3 Å². The molecule has 0 aliphatic carbocycles. The van der Waals surface area contributed by atoms with Gasteiger partial charge in [0.25, 0.3) is 15.9 Å². The number of hydrogen-bond donors (Lipinski definition) is 1. The van der Waals surface area contributed by atoms with E-state index in [2.05, 4.69) is 4.72 Å². The Hall–Kier alpha value is -2.83. The van der Waals surface area contributed by atoms with E-state index in [0.717, 1.165) is 5.69 Å². The highest BCUT2D eigenvalue weighted by Crippen LogP contribution is 2.20. The van der Waals surface area contributed by atoms with Crippen LogP contribution in [0.3, 0.4) is 0 Å². The molecule has 138 valence electrons. The van der Waals surface area contributed by atoms with Crippen LogP contribution in [0.2, 0.25) is 5.02 Å². The number of nitrogens with zero attached hydrogens (tertiary/aromatic N) is 1. The highest BCUT2D eigenvalue weighted by atomic mass is 35.5.